The van der Waals surface area contributed by atoms with E-state index >= 15 is 0 Å². The first-order valence-electron chi connectivity index (χ1n) is 6.40. The molecule has 3 heteroatoms. The first-order valence-corrected chi connectivity index (χ1v) is 6.40. The first kappa shape index (κ1) is 10.9. The second-order valence-corrected chi connectivity index (χ2v) is 5.19. The normalized spacial score (nSPS) is 20.1. The zero-order chi connectivity index (χ0) is 11.7. The van der Waals surface area contributed by atoms with Gasteiger partial charge in [0.25, 0.3) is 0 Å². The SMILES string of the molecule is NCCC1(Cc2ccc3c(c2)OCCO3)CC1. The molecule has 17 heavy (non-hydrogen) atoms. The van der Waals surface area contributed by atoms with Crippen molar-refractivity contribution in [1.82, 2.24) is 0 Å². The summed E-state index contributed by atoms with van der Waals surface area (Å²) in [6.07, 6.45) is 4.90. The Balaban J connectivity index is 1.75. The van der Waals surface area contributed by atoms with Gasteiger partial charge in [0.2, 0.25) is 0 Å². The summed E-state index contributed by atoms with van der Waals surface area (Å²) in [6, 6.07) is 6.32. The van der Waals surface area contributed by atoms with E-state index in [2.05, 4.69) is 12.1 Å². The summed E-state index contributed by atoms with van der Waals surface area (Å²) in [4.78, 5) is 0. The Labute approximate surface area is 102 Å². The molecule has 92 valence electrons. The van der Waals surface area contributed by atoms with Gasteiger partial charge in [-0.05, 0) is 55.3 Å². The number of hydrogen-bond donors (Lipinski definition) is 1. The Morgan fingerprint density at radius 3 is 2.59 bits per heavy atom. The zero-order valence-electron chi connectivity index (χ0n) is 10.1. The van der Waals surface area contributed by atoms with E-state index in [4.69, 9.17) is 15.2 Å². The number of nitrogens with two attached hydrogens (primary N) is 1. The van der Waals surface area contributed by atoms with Crippen LogP contribution in [0.5, 0.6) is 11.5 Å². The van der Waals surface area contributed by atoms with Crippen molar-refractivity contribution in [2.24, 2.45) is 11.1 Å². The van der Waals surface area contributed by atoms with Gasteiger partial charge in [0.1, 0.15) is 13.2 Å². The fraction of sp³-hybridized carbons (Fsp3) is 0.571. The minimum absolute atomic E-state index is 0.485. The standard InChI is InChI=1S/C14H19NO2/c15-6-5-14(3-4-14)10-11-1-2-12-13(9-11)17-8-7-16-12/h1-2,9H,3-8,10,15H2. The summed E-state index contributed by atoms with van der Waals surface area (Å²) >= 11 is 0. The molecule has 1 aliphatic carbocycles. The molecule has 1 aliphatic heterocycles. The lowest BCUT2D eigenvalue weighted by atomic mass is 9.93. The maximum Gasteiger partial charge on any atom is 0.161 e. The molecule has 0 spiro atoms. The molecule has 1 aromatic carbocycles. The molecule has 2 N–H and O–H groups in total. The first-order chi connectivity index (χ1) is 8.31. The number of benzene rings is 1. The number of rotatable bonds is 4. The van der Waals surface area contributed by atoms with Gasteiger partial charge < -0.3 is 15.2 Å². The summed E-state index contributed by atoms with van der Waals surface area (Å²) in [5, 5.41) is 0. The van der Waals surface area contributed by atoms with Crippen LogP contribution < -0.4 is 15.2 Å². The van der Waals surface area contributed by atoms with E-state index in [1.165, 1.54) is 18.4 Å². The lowest BCUT2D eigenvalue weighted by molar-refractivity contribution is 0.171. The van der Waals surface area contributed by atoms with Gasteiger partial charge in [-0.3, -0.25) is 0 Å². The number of fused-ring (bicyclic) bond motifs is 1. The average molecular weight is 233 g/mol. The third kappa shape index (κ3) is 2.25. The van der Waals surface area contributed by atoms with Crippen LogP contribution in [0, 0.1) is 5.41 Å². The van der Waals surface area contributed by atoms with Gasteiger partial charge in [0.15, 0.2) is 11.5 Å². The molecule has 0 amide bonds. The van der Waals surface area contributed by atoms with E-state index in [1.54, 1.807) is 0 Å². The van der Waals surface area contributed by atoms with E-state index in [0.717, 1.165) is 30.9 Å². The Hall–Kier alpha value is -1.22. The maximum absolute atomic E-state index is 5.67. The molecule has 1 saturated carbocycles. The van der Waals surface area contributed by atoms with E-state index in [9.17, 15) is 0 Å². The van der Waals surface area contributed by atoms with Gasteiger partial charge in [-0.15, -0.1) is 0 Å². The van der Waals surface area contributed by atoms with E-state index in [-0.39, 0.29) is 0 Å². The van der Waals surface area contributed by atoms with Crippen molar-refractivity contribution in [2.45, 2.75) is 25.7 Å². The number of hydrogen-bond acceptors (Lipinski definition) is 3. The minimum Gasteiger partial charge on any atom is -0.486 e. The fourth-order valence-corrected chi connectivity index (χ4v) is 2.63. The molecule has 1 aromatic rings. The summed E-state index contributed by atoms with van der Waals surface area (Å²) in [5.74, 6) is 1.78. The second-order valence-electron chi connectivity index (χ2n) is 5.19. The van der Waals surface area contributed by atoms with Crippen LogP contribution >= 0.6 is 0 Å². The number of ether oxygens (including phenoxy) is 2. The molecule has 1 fully saturated rings. The van der Waals surface area contributed by atoms with Crippen LogP contribution in [-0.2, 0) is 6.42 Å². The van der Waals surface area contributed by atoms with Gasteiger partial charge in [0.05, 0.1) is 0 Å². The van der Waals surface area contributed by atoms with Crippen molar-refractivity contribution in [2.75, 3.05) is 19.8 Å². The highest BCUT2D eigenvalue weighted by Gasteiger charge is 2.41. The summed E-state index contributed by atoms with van der Waals surface area (Å²) in [5.41, 5.74) is 7.51. The maximum atomic E-state index is 5.67. The zero-order valence-corrected chi connectivity index (χ0v) is 10.1. The van der Waals surface area contributed by atoms with E-state index in [0.29, 0.717) is 18.6 Å². The highest BCUT2D eigenvalue weighted by atomic mass is 16.6. The molecular weight excluding hydrogens is 214 g/mol. The minimum atomic E-state index is 0.485. The van der Waals surface area contributed by atoms with Crippen LogP contribution in [-0.4, -0.2) is 19.8 Å². The molecular formula is C14H19NO2. The molecule has 0 saturated heterocycles. The van der Waals surface area contributed by atoms with Crippen LogP contribution in [0.15, 0.2) is 18.2 Å². The largest absolute Gasteiger partial charge is 0.486 e. The van der Waals surface area contributed by atoms with Crippen LogP contribution in [0.25, 0.3) is 0 Å². The topological polar surface area (TPSA) is 44.5 Å². The molecule has 0 aromatic heterocycles. The average Bonchev–Trinajstić information content (AvgIpc) is 3.09. The van der Waals surface area contributed by atoms with Crippen LogP contribution in [0.4, 0.5) is 0 Å². The van der Waals surface area contributed by atoms with Gasteiger partial charge >= 0.3 is 0 Å². The molecule has 3 nitrogen and oxygen atoms in total. The molecule has 0 unspecified atom stereocenters. The molecule has 0 bridgehead atoms. The van der Waals surface area contributed by atoms with E-state index in [1.807, 2.05) is 6.07 Å². The monoisotopic (exact) mass is 233 g/mol. The third-order valence-electron chi connectivity index (χ3n) is 3.82. The van der Waals surface area contributed by atoms with E-state index < -0.39 is 0 Å². The van der Waals surface area contributed by atoms with Crippen molar-refractivity contribution in [3.8, 4) is 11.5 Å². The Morgan fingerprint density at radius 2 is 1.88 bits per heavy atom. The molecule has 2 aliphatic rings. The van der Waals surface area contributed by atoms with Crippen molar-refractivity contribution in [3.05, 3.63) is 23.8 Å². The Kier molecular flexibility index (Phi) is 2.71. The molecule has 0 radical (unpaired) electrons. The van der Waals surface area contributed by atoms with Crippen LogP contribution in [0.2, 0.25) is 0 Å². The van der Waals surface area contributed by atoms with Crippen molar-refractivity contribution in [3.63, 3.8) is 0 Å². The van der Waals surface area contributed by atoms with Crippen molar-refractivity contribution in [1.29, 1.82) is 0 Å². The smallest absolute Gasteiger partial charge is 0.161 e. The lowest BCUT2D eigenvalue weighted by Gasteiger charge is -2.20. The fourth-order valence-electron chi connectivity index (χ4n) is 2.63. The third-order valence-corrected chi connectivity index (χ3v) is 3.82. The quantitative estimate of drug-likeness (QED) is 0.866. The van der Waals surface area contributed by atoms with Gasteiger partial charge in [-0.2, -0.15) is 0 Å². The molecule has 1 heterocycles. The second kappa shape index (κ2) is 4.22. The van der Waals surface area contributed by atoms with Crippen LogP contribution in [0.3, 0.4) is 0 Å². The van der Waals surface area contributed by atoms with Crippen LogP contribution in [0.1, 0.15) is 24.8 Å². The predicted octanol–water partition coefficient (Wildman–Crippen LogP) is 2.13. The highest BCUT2D eigenvalue weighted by Crippen LogP contribution is 2.51. The van der Waals surface area contributed by atoms with Gasteiger partial charge in [-0.25, -0.2) is 0 Å². The highest BCUT2D eigenvalue weighted by molar-refractivity contribution is 5.44. The van der Waals surface area contributed by atoms with Crippen molar-refractivity contribution >= 4 is 0 Å². The Bertz CT molecular complexity index is 413. The van der Waals surface area contributed by atoms with Gasteiger partial charge in [-0.1, -0.05) is 6.07 Å². The predicted molar refractivity (Wildman–Crippen MR) is 66.5 cm³/mol. The molecule has 3 rings (SSSR count). The molecule has 0 atom stereocenters. The van der Waals surface area contributed by atoms with Gasteiger partial charge in [0, 0.05) is 0 Å². The summed E-state index contributed by atoms with van der Waals surface area (Å²) in [6.45, 7) is 2.11. The lowest BCUT2D eigenvalue weighted by Crippen LogP contribution is -2.16. The van der Waals surface area contributed by atoms with Crippen molar-refractivity contribution < 1.29 is 9.47 Å². The summed E-state index contributed by atoms with van der Waals surface area (Å²) < 4.78 is 11.1. The summed E-state index contributed by atoms with van der Waals surface area (Å²) in [7, 11) is 0. The Morgan fingerprint density at radius 1 is 1.12 bits per heavy atom.